The molecule has 7 heteroatoms. The average Bonchev–Trinajstić information content (AvgIpc) is 2.87. The van der Waals surface area contributed by atoms with Crippen LogP contribution in [0.4, 0.5) is 8.78 Å². The van der Waals surface area contributed by atoms with E-state index in [1.165, 1.54) is 23.5 Å². The van der Waals surface area contributed by atoms with Crippen molar-refractivity contribution in [2.75, 3.05) is 0 Å². The van der Waals surface area contributed by atoms with Crippen LogP contribution in [-0.4, -0.2) is 11.3 Å². The molecule has 4 nitrogen and oxygen atoms in total. The van der Waals surface area contributed by atoms with E-state index in [2.05, 4.69) is 19.5 Å². The van der Waals surface area contributed by atoms with Crippen molar-refractivity contribution in [3.8, 4) is 11.5 Å². The summed E-state index contributed by atoms with van der Waals surface area (Å²) in [5, 5.41) is 1.40. The molecule has 0 radical (unpaired) electrons. The van der Waals surface area contributed by atoms with Crippen LogP contribution in [0.2, 0.25) is 0 Å². The molecule has 2 aromatic rings. The Hall–Kier alpha value is -2.02. The summed E-state index contributed by atoms with van der Waals surface area (Å²) < 4.78 is 34.6. The minimum absolute atomic E-state index is 0.0193. The van der Waals surface area contributed by atoms with Crippen molar-refractivity contribution in [3.63, 3.8) is 0 Å². The quantitative estimate of drug-likeness (QED) is 0.780. The van der Waals surface area contributed by atoms with Crippen LogP contribution in [0.5, 0.6) is 11.5 Å². The third-order valence-electron chi connectivity index (χ3n) is 2.67. The van der Waals surface area contributed by atoms with Crippen LogP contribution in [0.3, 0.4) is 0 Å². The van der Waals surface area contributed by atoms with Gasteiger partial charge in [-0.15, -0.1) is 20.1 Å². The van der Waals surface area contributed by atoms with Gasteiger partial charge in [0.1, 0.15) is 0 Å². The number of alkyl halides is 2. The lowest BCUT2D eigenvalue weighted by Gasteiger charge is -2.07. The molecule has 0 bridgehead atoms. The third-order valence-corrected chi connectivity index (χ3v) is 3.45. The number of ether oxygens (including phenoxy) is 2. The first-order valence-corrected chi connectivity index (χ1v) is 5.92. The molecule has 0 saturated heterocycles. The van der Waals surface area contributed by atoms with E-state index in [-0.39, 0.29) is 11.5 Å². The van der Waals surface area contributed by atoms with E-state index >= 15 is 0 Å². The molecule has 90 valence electrons. The van der Waals surface area contributed by atoms with Crippen molar-refractivity contribution in [2.45, 2.75) is 6.29 Å². The van der Waals surface area contributed by atoms with Crippen LogP contribution in [-0.2, 0) is 0 Å². The molecular formula is C11H4F2N2O2S. The minimum atomic E-state index is -3.59. The lowest BCUT2D eigenvalue weighted by atomic mass is 10.1. The highest BCUT2D eigenvalue weighted by molar-refractivity contribution is 7.10. The van der Waals surface area contributed by atoms with Gasteiger partial charge in [-0.1, -0.05) is 0 Å². The monoisotopic (exact) mass is 266 g/mol. The summed E-state index contributed by atoms with van der Waals surface area (Å²) in [7, 11) is 0. The second-order valence-corrected chi connectivity index (χ2v) is 4.70. The van der Waals surface area contributed by atoms with Gasteiger partial charge in [-0.3, -0.25) is 4.98 Å². The Bertz CT molecular complexity index is 771. The highest BCUT2D eigenvalue weighted by atomic mass is 32.1. The second-order valence-electron chi connectivity index (χ2n) is 3.81. The van der Waals surface area contributed by atoms with E-state index in [0.29, 0.717) is 5.36 Å². The normalized spacial score (nSPS) is 18.0. The summed E-state index contributed by atoms with van der Waals surface area (Å²) in [5.41, 5.74) is 2.44. The van der Waals surface area contributed by atoms with E-state index in [9.17, 15) is 8.78 Å². The van der Waals surface area contributed by atoms with Gasteiger partial charge in [0, 0.05) is 17.5 Å². The van der Waals surface area contributed by atoms with Crippen molar-refractivity contribution in [1.82, 2.24) is 4.98 Å². The molecule has 0 saturated carbocycles. The zero-order chi connectivity index (χ0) is 12.3. The van der Waals surface area contributed by atoms with E-state index < -0.39 is 6.29 Å². The molecule has 1 aromatic heterocycles. The van der Waals surface area contributed by atoms with Gasteiger partial charge in [-0.2, -0.15) is 0 Å². The van der Waals surface area contributed by atoms with Crippen LogP contribution in [0.1, 0.15) is 4.88 Å². The van der Waals surface area contributed by atoms with Gasteiger partial charge in [0.25, 0.3) is 0 Å². The Morgan fingerprint density at radius 2 is 1.94 bits per heavy atom. The molecule has 2 aliphatic rings. The van der Waals surface area contributed by atoms with Gasteiger partial charge in [-0.05, 0) is 6.07 Å². The van der Waals surface area contributed by atoms with Gasteiger partial charge in [0.15, 0.2) is 11.5 Å². The topological polar surface area (TPSA) is 43.7 Å². The molecule has 0 fully saturated rings. The second kappa shape index (κ2) is 3.05. The van der Waals surface area contributed by atoms with Crippen LogP contribution in [0, 0.1) is 0 Å². The van der Waals surface area contributed by atoms with Gasteiger partial charge in [0.05, 0.1) is 21.4 Å². The average molecular weight is 266 g/mol. The number of thiazole rings is 1. The molecule has 0 aliphatic carbocycles. The fourth-order valence-corrected chi connectivity index (χ4v) is 2.54. The Morgan fingerprint density at radius 1 is 1.17 bits per heavy atom. The van der Waals surface area contributed by atoms with E-state index in [1.807, 2.05) is 0 Å². The maximum Gasteiger partial charge on any atom is 0.586 e. The number of rotatable bonds is 1. The van der Waals surface area contributed by atoms with E-state index in [1.54, 1.807) is 11.7 Å². The van der Waals surface area contributed by atoms with Crippen LogP contribution < -0.4 is 20.0 Å². The highest BCUT2D eigenvalue weighted by Gasteiger charge is 2.43. The Labute approximate surface area is 103 Å². The molecule has 0 amide bonds. The van der Waals surface area contributed by atoms with Gasteiger partial charge in [-0.25, -0.2) is 4.99 Å². The molecular weight excluding hydrogens is 262 g/mol. The summed E-state index contributed by atoms with van der Waals surface area (Å²) >= 11 is 1.44. The lowest BCUT2D eigenvalue weighted by Crippen LogP contribution is -2.34. The zero-order valence-corrected chi connectivity index (χ0v) is 9.50. The number of nitrogens with zero attached hydrogens (tertiary/aromatic N) is 2. The van der Waals surface area contributed by atoms with Gasteiger partial charge in [0.2, 0.25) is 0 Å². The molecule has 0 N–H and O–H groups in total. The first kappa shape index (κ1) is 9.95. The Morgan fingerprint density at radius 3 is 2.67 bits per heavy atom. The molecule has 18 heavy (non-hydrogen) atoms. The summed E-state index contributed by atoms with van der Waals surface area (Å²) in [6, 6.07) is 2.98. The number of hydrogen-bond donors (Lipinski definition) is 0. The molecule has 3 heterocycles. The maximum atomic E-state index is 12.9. The number of aromatic nitrogens is 1. The van der Waals surface area contributed by atoms with Crippen molar-refractivity contribution in [3.05, 3.63) is 39.3 Å². The fraction of sp³-hybridized carbons (Fsp3) is 0.0909. The number of benzene rings is 1. The molecule has 0 spiro atoms. The molecule has 1 aromatic carbocycles. The van der Waals surface area contributed by atoms with Crippen LogP contribution >= 0.6 is 11.3 Å². The first-order chi connectivity index (χ1) is 8.62. The summed E-state index contributed by atoms with van der Waals surface area (Å²) in [6.07, 6.45) is -1.90. The Balaban J connectivity index is 1.90. The molecule has 4 rings (SSSR count). The van der Waals surface area contributed by atoms with Crippen LogP contribution in [0.25, 0.3) is 5.70 Å². The van der Waals surface area contributed by atoms with E-state index in [0.717, 1.165) is 15.8 Å². The maximum absolute atomic E-state index is 12.9. The standard InChI is InChI=1S/C11H4F2N2O2S/c12-11(13)16-7-1-5-6(2-8(7)17-11)15-10(5)9-3-14-4-18-9/h1-4H. The van der Waals surface area contributed by atoms with Crippen LogP contribution in [0.15, 0.2) is 28.8 Å². The highest BCUT2D eigenvalue weighted by Crippen LogP contribution is 2.39. The predicted octanol–water partition coefficient (Wildman–Crippen LogP) is 1.25. The zero-order valence-electron chi connectivity index (χ0n) is 8.68. The molecule has 0 unspecified atom stereocenters. The molecule has 2 aliphatic heterocycles. The summed E-state index contributed by atoms with van der Waals surface area (Å²) in [4.78, 5) is 9.11. The number of hydrogen-bond acceptors (Lipinski definition) is 5. The van der Waals surface area contributed by atoms with Crippen molar-refractivity contribution < 1.29 is 18.3 Å². The van der Waals surface area contributed by atoms with E-state index in [4.69, 9.17) is 0 Å². The number of fused-ring (bicyclic) bond motifs is 2. The Kier molecular flexibility index (Phi) is 1.69. The minimum Gasteiger partial charge on any atom is -0.395 e. The van der Waals surface area contributed by atoms with Gasteiger partial charge < -0.3 is 9.47 Å². The summed E-state index contributed by atoms with van der Waals surface area (Å²) in [5.74, 6) is 0.0570. The first-order valence-electron chi connectivity index (χ1n) is 5.04. The largest absolute Gasteiger partial charge is 0.586 e. The van der Waals surface area contributed by atoms with Crippen molar-refractivity contribution >= 4 is 17.0 Å². The van der Waals surface area contributed by atoms with Gasteiger partial charge >= 0.3 is 6.29 Å². The smallest absolute Gasteiger partial charge is 0.395 e. The fourth-order valence-electron chi connectivity index (χ4n) is 1.92. The molecule has 0 atom stereocenters. The third kappa shape index (κ3) is 1.28. The predicted molar refractivity (Wildman–Crippen MR) is 58.1 cm³/mol. The van der Waals surface area contributed by atoms with Crippen molar-refractivity contribution in [1.29, 1.82) is 0 Å². The summed E-state index contributed by atoms with van der Waals surface area (Å²) in [6.45, 7) is 0. The number of halogens is 2. The lowest BCUT2D eigenvalue weighted by molar-refractivity contribution is -0.286. The SMILES string of the molecule is FC1(F)Oc2cc3c(cc2O1)=C(c1cncs1)N=3. The van der Waals surface area contributed by atoms with Crippen molar-refractivity contribution in [2.24, 2.45) is 4.99 Å².